The second-order valence-electron chi connectivity index (χ2n) is 37.0. The number of rotatable bonds is 10. The first-order valence-corrected chi connectivity index (χ1v) is 43.7. The van der Waals surface area contributed by atoms with E-state index in [4.69, 9.17) is 61.9 Å². The number of nitrogens with two attached hydrogens (primary N) is 8. The molecular formula is C94H96BrClN12O29. The number of hydrogen-bond donors (Lipinski definition) is 24. The van der Waals surface area contributed by atoms with Crippen LogP contribution in [0.4, 0.5) is 22.7 Å². The van der Waals surface area contributed by atoms with Gasteiger partial charge in [0.05, 0.1) is 86.7 Å². The molecule has 18 rings (SSSR count). The molecular weight excluding hydrogens is 1880 g/mol. The Morgan fingerprint density at radius 2 is 0.672 bits per heavy atom. The van der Waals surface area contributed by atoms with Crippen molar-refractivity contribution in [2.24, 2.45) is 70.3 Å². The molecule has 1 heterocycles. The highest BCUT2D eigenvalue weighted by Crippen LogP contribution is 2.61. The van der Waals surface area contributed by atoms with Crippen molar-refractivity contribution < 1.29 is 144 Å². The number of phenols is 4. The van der Waals surface area contributed by atoms with E-state index in [-0.39, 0.29) is 124 Å². The molecule has 4 fully saturated rings. The number of benzene rings is 5. The Labute approximate surface area is 789 Å². The highest BCUT2D eigenvalue weighted by molar-refractivity contribution is 9.10. The van der Waals surface area contributed by atoms with E-state index in [2.05, 4.69) is 15.9 Å². The number of aliphatic hydroxyl groups excluding tert-OH is 8. The zero-order valence-electron chi connectivity index (χ0n) is 74.1. The maximum Gasteiger partial charge on any atom is 0.255 e. The fraction of sp³-hybridized carbons (Fsp3) is 0.340. The van der Waals surface area contributed by atoms with Crippen LogP contribution in [0.3, 0.4) is 0 Å². The minimum atomic E-state index is -2.68. The summed E-state index contributed by atoms with van der Waals surface area (Å²) in [5.74, 6) is -28.2. The van der Waals surface area contributed by atoms with Crippen LogP contribution < -0.4 is 45.9 Å². The number of aliphatic hydroxyl groups is 12. The van der Waals surface area contributed by atoms with Gasteiger partial charge in [0.15, 0.2) is 51.3 Å². The van der Waals surface area contributed by atoms with Gasteiger partial charge in [-0.15, -0.1) is 0 Å². The number of phenolic OH excluding ortho intramolecular Hbond substituents is 4. The molecule has 41 nitrogen and oxygen atoms in total. The number of nitrogen functional groups attached to an aromatic ring is 4. The molecule has 5 aromatic carbocycles. The predicted octanol–water partition coefficient (Wildman–Crippen LogP) is 2.53. The summed E-state index contributed by atoms with van der Waals surface area (Å²) >= 11 is 9.31. The lowest BCUT2D eigenvalue weighted by Crippen LogP contribution is -2.65. The fourth-order valence-electron chi connectivity index (χ4n) is 22.7. The molecule has 0 bridgehead atoms. The van der Waals surface area contributed by atoms with Crippen molar-refractivity contribution in [3.8, 4) is 45.3 Å². The van der Waals surface area contributed by atoms with Gasteiger partial charge in [0.2, 0.25) is 23.1 Å². The third-order valence-corrected chi connectivity index (χ3v) is 29.8. The van der Waals surface area contributed by atoms with E-state index in [1.807, 2.05) is 30.3 Å². The Morgan fingerprint density at radius 3 is 0.964 bits per heavy atom. The van der Waals surface area contributed by atoms with Gasteiger partial charge in [0, 0.05) is 73.2 Å². The lowest BCUT2D eigenvalue weighted by atomic mass is 9.57. The molecule has 16 atom stereocenters. The van der Waals surface area contributed by atoms with Crippen molar-refractivity contribution in [2.45, 2.75) is 97.9 Å². The second-order valence-corrected chi connectivity index (χ2v) is 38.2. The van der Waals surface area contributed by atoms with Crippen molar-refractivity contribution in [2.75, 3.05) is 79.3 Å². The van der Waals surface area contributed by atoms with E-state index in [0.717, 1.165) is 11.6 Å². The molecule has 4 amide bonds. The van der Waals surface area contributed by atoms with Gasteiger partial charge in [0.25, 0.3) is 23.6 Å². The molecule has 0 aliphatic heterocycles. The van der Waals surface area contributed by atoms with Crippen LogP contribution in [0.15, 0.2) is 150 Å². The van der Waals surface area contributed by atoms with Crippen molar-refractivity contribution in [1.29, 1.82) is 0 Å². The highest BCUT2D eigenvalue weighted by Gasteiger charge is 2.70. The van der Waals surface area contributed by atoms with E-state index in [1.54, 1.807) is 66.6 Å². The topological polar surface area (TPSA) is 763 Å². The minimum Gasteiger partial charge on any atom is -0.508 e. The lowest BCUT2D eigenvalue weighted by Gasteiger charge is -2.50. The van der Waals surface area contributed by atoms with Gasteiger partial charge < -0.3 is 132 Å². The summed E-state index contributed by atoms with van der Waals surface area (Å²) in [6, 6.07) is 12.5. The zero-order valence-corrected chi connectivity index (χ0v) is 76.5. The van der Waals surface area contributed by atoms with Gasteiger partial charge in [-0.05, 0) is 199 Å². The Kier molecular flexibility index (Phi) is 24.1. The van der Waals surface area contributed by atoms with Crippen molar-refractivity contribution in [3.05, 3.63) is 195 Å². The van der Waals surface area contributed by atoms with E-state index < -0.39 is 255 Å². The van der Waals surface area contributed by atoms with Gasteiger partial charge in [-0.3, -0.25) is 77.1 Å². The molecule has 0 unspecified atom stereocenters. The number of carbonyl (C=O) groups excluding carboxylic acids is 12. The summed E-state index contributed by atoms with van der Waals surface area (Å²) < 4.78 is 5.52. The number of carbonyl (C=O) groups is 12. The molecule has 32 N–H and O–H groups in total. The van der Waals surface area contributed by atoms with E-state index in [1.165, 1.54) is 46.2 Å². The van der Waals surface area contributed by atoms with Gasteiger partial charge in [-0.1, -0.05) is 41.9 Å². The Hall–Kier alpha value is -14.2. The quantitative estimate of drug-likeness (QED) is 0.0405. The average molecular weight is 1970 g/mol. The number of Topliss-reactive ketones (excluding diaryl/α,β-unsaturated/α-hetero) is 8. The molecule has 12 aliphatic carbocycles. The first-order chi connectivity index (χ1) is 64.0. The first-order valence-electron chi connectivity index (χ1n) is 42.5. The molecule has 0 spiro atoms. The van der Waals surface area contributed by atoms with Gasteiger partial charge in [0.1, 0.15) is 85.6 Å². The van der Waals surface area contributed by atoms with Crippen molar-refractivity contribution in [1.82, 2.24) is 19.6 Å². The summed E-state index contributed by atoms with van der Waals surface area (Å²) in [5.41, 5.74) is 34.6. The van der Waals surface area contributed by atoms with Crippen LogP contribution in [0.2, 0.25) is 5.02 Å². The van der Waals surface area contributed by atoms with E-state index in [9.17, 15) is 139 Å². The standard InChI is InChI=1S/C27H27N3O7.C25H25N3O8.C21H22BrN3O7.C21H22ClN3O7/c1-30(2)20-15-10-13-8-12-9-14(11-6-4-3-5-7-11)19(28)22(32)16(12)21(31)17(13)24(34)27(15,37)25(35)18(23(20)33)26(29)36;1-28(2)18-13-7-11-5-10-6-12(9-3-4-36-8-9)17(26)20(30)14(10)19(29)15(11)22(32)25(13,35)23(33)16(21(18)31)24(27)34;1-25(2)14-8-4-6-3-7-5-9(22)13(23)16(27)10(7)15(26)11(6)18(29)21(8,32)19(30)12(17(14)28)20(24)31;1-25(2)15-8-4-6-3-7-12(10(26)5-9(22)14(7)23)16(27)11(6)18(29)21(8,32)19(30)13(17(15)28)20(24)31/h3-7,9,13,15,20,31-32,35,37H,8,10,28H2,1-2H3,(H2,29,36);3-4,6,8,11,13,18,29-30,33,35H,5,7,26H2,1-2H3,(H2,27,34);5-6,8,14,26-27,30,32H,3-4,23H2,1-2H3,(H2,24,31);5-6,8,15,26-27,30,32H,3-4,23H2,1-2H3,(H2,24,31)/t13-,15-,20-,27-;11-,13-,18-,25-;6-,8-,14-,21-;6-,8-,15-,21-/m0000/s1. The van der Waals surface area contributed by atoms with E-state index in [0.29, 0.717) is 43.4 Å². The number of likely N-dealkylation sites (N-methyl/N-ethyl adjacent to an activating group) is 4. The predicted molar refractivity (Wildman–Crippen MR) is 490 cm³/mol. The first kappa shape index (κ1) is 97.3. The fourth-order valence-corrected chi connectivity index (χ4v) is 23.4. The van der Waals surface area contributed by atoms with Gasteiger partial charge >= 0.3 is 0 Å². The number of primary amides is 4. The molecule has 1 aromatic heterocycles. The molecule has 720 valence electrons. The Morgan fingerprint density at radius 1 is 0.387 bits per heavy atom. The maximum atomic E-state index is 13.8. The molecule has 0 saturated heterocycles. The smallest absolute Gasteiger partial charge is 0.255 e. The number of amides is 4. The van der Waals surface area contributed by atoms with Crippen molar-refractivity contribution in [3.63, 3.8) is 0 Å². The van der Waals surface area contributed by atoms with Gasteiger partial charge in [-0.2, -0.15) is 0 Å². The Balaban J connectivity index is 0.000000139. The normalized spacial score (nSPS) is 28.5. The number of aromatic hydroxyl groups is 4. The van der Waals surface area contributed by atoms with Gasteiger partial charge in [-0.25, -0.2) is 0 Å². The summed E-state index contributed by atoms with van der Waals surface area (Å²) in [4.78, 5) is 161. The maximum absolute atomic E-state index is 13.8. The third-order valence-electron chi connectivity index (χ3n) is 28.8. The summed E-state index contributed by atoms with van der Waals surface area (Å²) in [5, 5.41) is 176. The summed E-state index contributed by atoms with van der Waals surface area (Å²) in [7, 11) is 12.4. The van der Waals surface area contributed by atoms with Crippen LogP contribution in [0.25, 0.3) is 45.3 Å². The average Bonchev–Trinajstić information content (AvgIpc) is 0.775. The SMILES string of the molecule is CN(C)[C@@H]1C(=O)C(C(N)=O)=C(O)[C@@]2(O)C(=O)C3=C(O)c4c(O)cc(Cl)c(N)c4C[C@H]3C[C@@H]12.CN(C)[C@@H]1C(=O)C(C(N)=O)=C(O)[C@@]2(O)C(=O)C3=C(O)c4c(cc(-c5ccccc5)c(N)c4O)C[C@H]3C[C@@H]12.CN(C)[C@@H]1C(=O)C(C(N)=O)=C(O)[C@@]2(O)C(=O)C3=C(O)c4c(cc(-c5ccoc5)c(N)c4O)C[C@H]3C[C@@H]12.CN(C)[C@@H]1C(=O)C(C(N)=O)=C(O)[C@@]2(O)C(=O)C3=C(O)c4c(cc(Br)c(N)c4O)C[C@H]3C[C@@H]12. The highest BCUT2D eigenvalue weighted by atomic mass is 79.9. The van der Waals surface area contributed by atoms with E-state index >= 15 is 0 Å². The number of ketones is 8. The van der Waals surface area contributed by atoms with Crippen LogP contribution in [-0.4, -0.2) is 274 Å². The molecule has 0 radical (unpaired) electrons. The Bertz CT molecular complexity index is 6720. The zero-order chi connectivity index (χ0) is 101. The second kappa shape index (κ2) is 33.9. The minimum absolute atomic E-state index is 0.00471. The molecule has 4 saturated carbocycles. The molecule has 6 aromatic rings. The van der Waals surface area contributed by atoms with Crippen LogP contribution in [0.5, 0.6) is 23.0 Å². The molecule has 12 aliphatic rings. The number of halogens is 2. The number of nitrogens with zero attached hydrogens (tertiary/aromatic N) is 4. The summed E-state index contributed by atoms with van der Waals surface area (Å²) in [6.45, 7) is 0. The number of fused-ring (bicyclic) bond motifs is 12. The number of hydrogen-bond acceptors (Lipinski definition) is 37. The largest absolute Gasteiger partial charge is 0.508 e. The molecule has 137 heavy (non-hydrogen) atoms. The monoisotopic (exact) mass is 1970 g/mol. The van der Waals surface area contributed by atoms with Crippen molar-refractivity contribution >= 4 is 143 Å². The molecule has 43 heteroatoms. The van der Waals surface area contributed by atoms with Crippen LogP contribution >= 0.6 is 27.5 Å². The van der Waals surface area contributed by atoms with Crippen LogP contribution in [-0.2, 0) is 83.2 Å². The third kappa shape index (κ3) is 14.0. The van der Waals surface area contributed by atoms with Crippen LogP contribution in [0, 0.1) is 47.3 Å². The lowest BCUT2D eigenvalue weighted by molar-refractivity contribution is -0.155. The van der Waals surface area contributed by atoms with Crippen LogP contribution in [0.1, 0.15) is 70.2 Å². The summed E-state index contributed by atoms with van der Waals surface area (Å²) in [6.07, 6.45) is 3.63. The number of anilines is 4. The number of furan rings is 1.